The van der Waals surface area contributed by atoms with Crippen LogP contribution in [0.1, 0.15) is 9.60 Å². The summed E-state index contributed by atoms with van der Waals surface area (Å²) in [4.78, 5) is 0. The molecule has 0 saturated heterocycles. The van der Waals surface area contributed by atoms with Gasteiger partial charge in [-0.15, -0.1) is 0 Å². The third kappa shape index (κ3) is 4.86. The van der Waals surface area contributed by atoms with Gasteiger partial charge in [0.1, 0.15) is 0 Å². The molecule has 0 atom stereocenters. The molecule has 12 aromatic rings. The van der Waals surface area contributed by atoms with Crippen LogP contribution in [0.15, 0.2) is 212 Å². The molecule has 3 aromatic heterocycles. The number of nitrogens with zero attached hydrogens (tertiary/aromatic N) is 3. The van der Waals surface area contributed by atoms with E-state index < -0.39 is 12.1 Å². The molecule has 57 heavy (non-hydrogen) atoms. The maximum Gasteiger partial charge on any atom is 0.0645 e. The molecule has 0 N–H and O–H groups in total. The van der Waals surface area contributed by atoms with Gasteiger partial charge in [-0.05, 0) is 101 Å². The first-order valence-corrected chi connectivity index (χ1v) is 19.0. The zero-order valence-electron chi connectivity index (χ0n) is 37.5. The fourth-order valence-corrected chi connectivity index (χ4v) is 8.73. The van der Waals surface area contributed by atoms with Crippen molar-refractivity contribution in [1.29, 1.82) is 0 Å². The van der Waals surface area contributed by atoms with E-state index >= 15 is 0 Å². The molecule has 0 aliphatic carbocycles. The van der Waals surface area contributed by atoms with Crippen LogP contribution in [0.2, 0.25) is 0 Å². The first-order valence-electron chi connectivity index (χ1n) is 22.5. The number of benzene rings is 9. The van der Waals surface area contributed by atoms with E-state index in [2.05, 4.69) is 69.8 Å². The van der Waals surface area contributed by atoms with Crippen LogP contribution in [0.3, 0.4) is 0 Å². The summed E-state index contributed by atoms with van der Waals surface area (Å²) in [6.07, 6.45) is 0. The number of hydrogen-bond donors (Lipinski definition) is 0. The molecule has 3 heterocycles. The van der Waals surface area contributed by atoms with Crippen LogP contribution in [0.5, 0.6) is 0 Å². The largest absolute Gasteiger partial charge is 0.309 e. The molecule has 0 saturated carbocycles. The van der Waals surface area contributed by atoms with Crippen LogP contribution < -0.4 is 0 Å². The third-order valence-corrected chi connectivity index (χ3v) is 11.3. The lowest BCUT2D eigenvalue weighted by Crippen LogP contribution is -1.96. The van der Waals surface area contributed by atoms with Gasteiger partial charge in [-0.3, -0.25) is 0 Å². The Kier molecular flexibility index (Phi) is 5.56. The fraction of sp³-hybridized carbons (Fsp3) is 0. The van der Waals surface area contributed by atoms with Gasteiger partial charge in [-0.25, -0.2) is 0 Å². The molecular formula is C54H35N3. The monoisotopic (exact) mass is 732 g/mol. The number of rotatable bonds is 5. The van der Waals surface area contributed by atoms with Gasteiger partial charge < -0.3 is 13.7 Å². The van der Waals surface area contributed by atoms with Crippen LogP contribution in [0.4, 0.5) is 0 Å². The maximum atomic E-state index is 9.95. The molecule has 0 unspecified atom stereocenters. The lowest BCUT2D eigenvalue weighted by Gasteiger charge is -2.12. The van der Waals surface area contributed by atoms with Gasteiger partial charge in [0.25, 0.3) is 0 Å². The highest BCUT2D eigenvalue weighted by atomic mass is 15.0. The van der Waals surface area contributed by atoms with Gasteiger partial charge in [-0.2, -0.15) is 0 Å². The Morgan fingerprint density at radius 3 is 1.68 bits per heavy atom. The normalized spacial score (nSPS) is 13.6. The second kappa shape index (κ2) is 12.5. The van der Waals surface area contributed by atoms with Crippen LogP contribution in [0.25, 0.3) is 105 Å². The average Bonchev–Trinajstić information content (AvgIpc) is 3.99. The molecule has 0 aliphatic heterocycles. The minimum Gasteiger partial charge on any atom is -0.309 e. The van der Waals surface area contributed by atoms with Gasteiger partial charge in [0.2, 0.25) is 0 Å². The van der Waals surface area contributed by atoms with E-state index in [1.165, 1.54) is 0 Å². The van der Waals surface area contributed by atoms with Crippen molar-refractivity contribution in [3.05, 3.63) is 212 Å². The minimum absolute atomic E-state index is 0.0806. The first-order chi connectivity index (χ1) is 31.2. The van der Waals surface area contributed by atoms with Crippen molar-refractivity contribution in [3.63, 3.8) is 0 Å². The molecule has 0 radical (unpaired) electrons. The Morgan fingerprint density at radius 2 is 0.860 bits per heavy atom. The topological polar surface area (TPSA) is 14.8 Å². The van der Waals surface area contributed by atoms with Gasteiger partial charge in [-0.1, -0.05) is 133 Å². The van der Waals surface area contributed by atoms with E-state index in [9.17, 15) is 6.85 Å². The van der Waals surface area contributed by atoms with Crippen molar-refractivity contribution in [2.24, 2.45) is 0 Å². The van der Waals surface area contributed by atoms with E-state index in [0.717, 1.165) is 66.1 Å². The molecule has 0 spiro atoms. The minimum atomic E-state index is -0.427. The second-order valence-electron chi connectivity index (χ2n) is 14.4. The summed E-state index contributed by atoms with van der Waals surface area (Å²) in [6.45, 7) is 0. The van der Waals surface area contributed by atoms with Crippen LogP contribution in [-0.4, -0.2) is 13.7 Å². The molecule has 0 aliphatic rings. The Hall–Kier alpha value is -7.62. The molecule has 3 heteroatoms. The molecule has 0 amide bonds. The first kappa shape index (κ1) is 25.5. The van der Waals surface area contributed by atoms with E-state index in [1.54, 1.807) is 4.57 Å². The van der Waals surface area contributed by atoms with Crippen LogP contribution in [-0.2, 0) is 0 Å². The summed E-state index contributed by atoms with van der Waals surface area (Å²) in [5.41, 5.74) is 9.59. The van der Waals surface area contributed by atoms with E-state index in [1.807, 2.05) is 109 Å². The smallest absolute Gasteiger partial charge is 0.0645 e. The molecule has 12 rings (SSSR count). The molecule has 3 nitrogen and oxygen atoms in total. The highest BCUT2D eigenvalue weighted by Crippen LogP contribution is 2.40. The summed E-state index contributed by atoms with van der Waals surface area (Å²) in [5, 5.41) is 4.27. The number of para-hydroxylation sites is 4. The number of aromatic nitrogens is 3. The van der Waals surface area contributed by atoms with Crippen molar-refractivity contribution in [1.82, 2.24) is 13.7 Å². The lowest BCUT2D eigenvalue weighted by molar-refractivity contribution is 1.15. The zero-order valence-corrected chi connectivity index (χ0v) is 30.5. The summed E-state index contributed by atoms with van der Waals surface area (Å²) >= 11 is 0. The predicted octanol–water partition coefficient (Wildman–Crippen LogP) is 14.3. The summed E-state index contributed by atoms with van der Waals surface area (Å²) in [6, 6.07) is 54.9. The van der Waals surface area contributed by atoms with E-state index in [-0.39, 0.29) is 57.6 Å². The van der Waals surface area contributed by atoms with Gasteiger partial charge in [0.15, 0.2) is 0 Å². The number of fused-ring (bicyclic) bond motifs is 9. The van der Waals surface area contributed by atoms with Crippen molar-refractivity contribution in [2.75, 3.05) is 0 Å². The fourth-order valence-electron chi connectivity index (χ4n) is 8.73. The standard InChI is InChI=1S/C54H35N3/c1-3-14-36(15-4-1)37-16-13-19-41(32-37)56-50-24-11-8-21-44(50)47-33-38(26-30-52(47)56)39-27-31-53-48(34-39)45-22-9-12-25-51(45)57(53)42-28-29-46-43-20-7-10-23-49(43)55(54(46)35-42)40-17-5-2-6-18-40/h1-35H/i9D,12D,22D,25D,27D,31D,34D. The van der Waals surface area contributed by atoms with Crippen LogP contribution in [0, 0.1) is 0 Å². The van der Waals surface area contributed by atoms with Gasteiger partial charge in [0.05, 0.1) is 42.7 Å². The Labute approximate surface area is 339 Å². The van der Waals surface area contributed by atoms with Crippen molar-refractivity contribution in [3.8, 4) is 39.3 Å². The third-order valence-electron chi connectivity index (χ3n) is 11.3. The van der Waals surface area contributed by atoms with Gasteiger partial charge in [0, 0.05) is 49.4 Å². The Balaban J connectivity index is 1.12. The second-order valence-corrected chi connectivity index (χ2v) is 14.4. The Morgan fingerprint density at radius 1 is 0.281 bits per heavy atom. The molecule has 0 bridgehead atoms. The van der Waals surface area contributed by atoms with Crippen molar-refractivity contribution in [2.45, 2.75) is 0 Å². The van der Waals surface area contributed by atoms with E-state index in [0.29, 0.717) is 11.3 Å². The molecule has 0 fully saturated rings. The summed E-state index contributed by atoms with van der Waals surface area (Å²) < 4.78 is 71.6. The lowest BCUT2D eigenvalue weighted by atomic mass is 10.0. The SMILES string of the molecule is [2H]c1c([2H])c([2H])c2c(c1[2H])c1c([2H])c(-c3ccc4c(c3)c3ccccc3n4-c3cccc(-c4ccccc4)c3)c([2H])c([2H])c1n2-c1ccc2c3ccccc3n(-c3ccccc3)c2c1. The highest BCUT2D eigenvalue weighted by Gasteiger charge is 2.18. The van der Waals surface area contributed by atoms with Crippen molar-refractivity contribution >= 4 is 65.4 Å². The molecule has 266 valence electrons. The van der Waals surface area contributed by atoms with Gasteiger partial charge >= 0.3 is 0 Å². The quantitative estimate of drug-likeness (QED) is 0.167. The van der Waals surface area contributed by atoms with Crippen LogP contribution >= 0.6 is 0 Å². The Bertz CT molecular complexity index is 3920. The maximum absolute atomic E-state index is 9.95. The summed E-state index contributed by atoms with van der Waals surface area (Å²) in [7, 11) is 0. The van der Waals surface area contributed by atoms with Crippen molar-refractivity contribution < 1.29 is 9.60 Å². The average molecular weight is 733 g/mol. The zero-order chi connectivity index (χ0) is 43.5. The molecular weight excluding hydrogens is 691 g/mol. The summed E-state index contributed by atoms with van der Waals surface area (Å²) in [5.74, 6) is 0. The highest BCUT2D eigenvalue weighted by molar-refractivity contribution is 6.14. The predicted molar refractivity (Wildman–Crippen MR) is 240 cm³/mol. The van der Waals surface area contributed by atoms with E-state index in [4.69, 9.17) is 2.74 Å². The molecule has 9 aromatic carbocycles. The number of hydrogen-bond acceptors (Lipinski definition) is 0.